The topological polar surface area (TPSA) is 223 Å². The number of carbonyl (C=O) groups is 1. The van der Waals surface area contributed by atoms with Crippen molar-refractivity contribution in [2.45, 2.75) is 89.5 Å². The molecule has 4 N–H and O–H groups in total. The van der Waals surface area contributed by atoms with Gasteiger partial charge in [-0.1, -0.05) is 41.9 Å². The Balaban J connectivity index is 0.944. The van der Waals surface area contributed by atoms with Gasteiger partial charge in [0.15, 0.2) is 9.84 Å². The van der Waals surface area contributed by atoms with E-state index in [-0.39, 0.29) is 30.5 Å². The van der Waals surface area contributed by atoms with Gasteiger partial charge in [0.2, 0.25) is 0 Å². The van der Waals surface area contributed by atoms with E-state index in [0.717, 1.165) is 17.0 Å². The molecule has 0 amide bonds. The maximum Gasteiger partial charge on any atom is 0.501 e. The molecule has 3 aliphatic heterocycles. The van der Waals surface area contributed by atoms with Gasteiger partial charge in [-0.3, -0.25) is 14.1 Å². The maximum absolute atomic E-state index is 15.8. The molecular formula is C57H68ClF4N6O11PS4. The van der Waals surface area contributed by atoms with Crippen molar-refractivity contribution in [1.29, 1.82) is 0 Å². The summed E-state index contributed by atoms with van der Waals surface area (Å²) in [5.74, 6) is -1.18. The molecule has 456 valence electrons. The second kappa shape index (κ2) is 26.3. The number of anilines is 4. The van der Waals surface area contributed by atoms with E-state index in [9.17, 15) is 47.8 Å². The molecule has 5 aromatic carbocycles. The number of halogens is 5. The fourth-order valence-corrected chi connectivity index (χ4v) is 16.8. The zero-order valence-electron chi connectivity index (χ0n) is 46.6. The number of hydrogen-bond acceptors (Lipinski definition) is 15. The summed E-state index contributed by atoms with van der Waals surface area (Å²) in [5, 5.41) is 3.43. The number of rotatable bonds is 23. The van der Waals surface area contributed by atoms with Crippen LogP contribution in [0.25, 0.3) is 5.57 Å². The lowest BCUT2D eigenvalue weighted by molar-refractivity contribution is -0.150. The van der Waals surface area contributed by atoms with Crippen LogP contribution in [0.1, 0.15) is 57.6 Å². The largest absolute Gasteiger partial charge is 0.501 e. The van der Waals surface area contributed by atoms with Gasteiger partial charge in [0.05, 0.1) is 35.3 Å². The number of nitrogens with zero attached hydrogens (tertiary/aromatic N) is 4. The number of alkyl halides is 3. The molecule has 0 radical (unpaired) electrons. The predicted octanol–water partition coefficient (Wildman–Crippen LogP) is 10.1. The summed E-state index contributed by atoms with van der Waals surface area (Å²) in [6.07, 6.45) is 3.78. The molecular weight excluding hydrogens is 1220 g/mol. The molecule has 2 saturated heterocycles. The van der Waals surface area contributed by atoms with Crippen LogP contribution in [0, 0.1) is 11.7 Å². The lowest BCUT2D eigenvalue weighted by atomic mass is 9.83. The summed E-state index contributed by atoms with van der Waals surface area (Å²) >= 11 is 7.64. The quantitative estimate of drug-likeness (QED) is 0.0157. The summed E-state index contributed by atoms with van der Waals surface area (Å²) < 4.78 is 159. The van der Waals surface area contributed by atoms with E-state index in [1.54, 1.807) is 42.5 Å². The van der Waals surface area contributed by atoms with E-state index in [1.807, 2.05) is 72.0 Å². The van der Waals surface area contributed by atoms with E-state index in [1.165, 1.54) is 42.3 Å². The lowest BCUT2D eigenvalue weighted by Crippen LogP contribution is -2.49. The van der Waals surface area contributed by atoms with E-state index in [4.69, 9.17) is 26.1 Å². The van der Waals surface area contributed by atoms with Crippen LogP contribution in [0.4, 0.5) is 40.3 Å². The first kappa shape index (κ1) is 64.6. The number of nitrogens with one attached hydrogen (secondary N) is 2. The number of sulfonamides is 1. The van der Waals surface area contributed by atoms with Crippen molar-refractivity contribution in [2.75, 3.05) is 90.4 Å². The highest BCUT2D eigenvalue weighted by molar-refractivity contribution is 7.99. The number of likely N-dealkylation sites (tertiary alicyclic amines) is 1. The number of esters is 1. The SMILES string of the molecule is CC(C)N1C=C(c2cc(F)cc(N3CCN(c4ccc(NS(=O)(=O)c5ccc(NC(CCN6CCC(C(=O)OCCCP(=O)(O)O)CC6)CSc6ccccc6)c(S(=O)(=O)C(F)(F)F)c5)cc4)CC3)c2)C(c2ccc(Cl)cc2)(S(C)(=O)=O)C1C. The van der Waals surface area contributed by atoms with Gasteiger partial charge in [-0.15, -0.1) is 11.8 Å². The second-order valence-corrected chi connectivity index (χ2v) is 30.6. The molecule has 3 unspecified atom stereocenters. The molecule has 0 aliphatic carbocycles. The summed E-state index contributed by atoms with van der Waals surface area (Å²) in [6.45, 7) is 8.73. The molecule has 0 spiro atoms. The van der Waals surface area contributed by atoms with Gasteiger partial charge < -0.3 is 39.4 Å². The number of benzene rings is 5. The monoisotopic (exact) mass is 1280 g/mol. The average Bonchev–Trinajstić information content (AvgIpc) is 2.22. The third-order valence-corrected chi connectivity index (χ3v) is 22.7. The van der Waals surface area contributed by atoms with Gasteiger partial charge in [-0.2, -0.15) is 13.2 Å². The lowest BCUT2D eigenvalue weighted by Gasteiger charge is -2.40. The highest BCUT2D eigenvalue weighted by atomic mass is 35.5. The van der Waals surface area contributed by atoms with Crippen LogP contribution >= 0.6 is 31.0 Å². The van der Waals surface area contributed by atoms with E-state index < -0.39 is 99.0 Å². The first-order chi connectivity index (χ1) is 39.5. The van der Waals surface area contributed by atoms with Gasteiger partial charge in [0.25, 0.3) is 19.9 Å². The number of hydrogen-bond donors (Lipinski definition) is 4. The fraction of sp³-hybridized carbons (Fsp3) is 0.421. The highest BCUT2D eigenvalue weighted by Crippen LogP contribution is 2.53. The second-order valence-electron chi connectivity index (χ2n) is 21.5. The molecule has 3 aliphatic rings. The zero-order valence-corrected chi connectivity index (χ0v) is 51.5. The molecule has 0 aromatic heterocycles. The van der Waals surface area contributed by atoms with Crippen LogP contribution in [0.2, 0.25) is 5.02 Å². The Morgan fingerprint density at radius 1 is 0.845 bits per heavy atom. The van der Waals surface area contributed by atoms with Crippen molar-refractivity contribution < 1.29 is 66.7 Å². The van der Waals surface area contributed by atoms with E-state index in [2.05, 4.69) is 14.9 Å². The van der Waals surface area contributed by atoms with Crippen molar-refractivity contribution in [3.63, 3.8) is 0 Å². The average molecular weight is 1280 g/mol. The van der Waals surface area contributed by atoms with Crippen molar-refractivity contribution >= 4 is 94.9 Å². The summed E-state index contributed by atoms with van der Waals surface area (Å²) in [5.41, 5.74) is -3.61. The van der Waals surface area contributed by atoms with Gasteiger partial charge in [0.1, 0.15) is 15.5 Å². The summed E-state index contributed by atoms with van der Waals surface area (Å²) in [7, 11) is -19.0. The molecule has 3 atom stereocenters. The van der Waals surface area contributed by atoms with E-state index >= 15 is 4.39 Å². The summed E-state index contributed by atoms with van der Waals surface area (Å²) in [6, 6.07) is 27.9. The van der Waals surface area contributed by atoms with Gasteiger partial charge >= 0.3 is 19.1 Å². The molecule has 5 aromatic rings. The van der Waals surface area contributed by atoms with Crippen LogP contribution < -0.4 is 19.8 Å². The summed E-state index contributed by atoms with van der Waals surface area (Å²) in [4.78, 5) is 37.7. The van der Waals surface area contributed by atoms with Gasteiger partial charge in [-0.05, 0) is 156 Å². The Morgan fingerprint density at radius 2 is 1.48 bits per heavy atom. The van der Waals surface area contributed by atoms with Gasteiger partial charge in [0, 0.05) is 95.6 Å². The number of piperazine rings is 1. The standard InChI is InChI=1S/C57H68ClF4N6O11PS4/c1-39(2)68-37-52(56(40(68)3,82(4,73)74)43-11-13-44(58)14-12-43)42-33-45(59)35-49(34-42)67-29-27-66(28-30-67)48-17-15-46(16-18-48)64-84(77,78)51-19-20-53(54(36-51)83(75,76)57(60,61)62)63-47(38-81-50-9-6-5-7-10-50)23-26-65-24-21-41(22-25-65)55(69)79-31-8-32-80(70,71)72/h5-7,9-20,33-37,39-41,47,63-64H,8,21-32,38H2,1-4H3,(H2,70,71,72). The minimum Gasteiger partial charge on any atom is -0.465 e. The Morgan fingerprint density at radius 3 is 2.07 bits per heavy atom. The van der Waals surface area contributed by atoms with Crippen molar-refractivity contribution in [1.82, 2.24) is 9.80 Å². The molecule has 17 nitrogen and oxygen atoms in total. The van der Waals surface area contributed by atoms with Crippen LogP contribution in [0.15, 0.2) is 136 Å². The minimum atomic E-state index is -6.13. The highest BCUT2D eigenvalue weighted by Gasteiger charge is 2.57. The van der Waals surface area contributed by atoms with Crippen LogP contribution in [0.5, 0.6) is 0 Å². The van der Waals surface area contributed by atoms with Crippen molar-refractivity contribution in [3.05, 3.63) is 143 Å². The third-order valence-electron chi connectivity index (χ3n) is 15.5. The Labute approximate surface area is 497 Å². The predicted molar refractivity (Wildman–Crippen MR) is 321 cm³/mol. The van der Waals surface area contributed by atoms with Crippen molar-refractivity contribution in [2.24, 2.45) is 5.92 Å². The van der Waals surface area contributed by atoms with Crippen molar-refractivity contribution in [3.8, 4) is 0 Å². The normalized spacial score (nSPS) is 19.1. The molecule has 84 heavy (non-hydrogen) atoms. The number of piperidine rings is 1. The number of carbonyl (C=O) groups excluding carboxylic acids is 1. The van der Waals surface area contributed by atoms with Crippen LogP contribution in [-0.4, -0.2) is 145 Å². The van der Waals surface area contributed by atoms with E-state index in [0.29, 0.717) is 104 Å². The zero-order chi connectivity index (χ0) is 61.0. The number of ether oxygens (including phenoxy) is 1. The Hall–Kier alpha value is -5.37. The molecule has 27 heteroatoms. The first-order valence-electron chi connectivity index (χ1n) is 27.2. The molecule has 3 heterocycles. The van der Waals surface area contributed by atoms with Crippen LogP contribution in [0.3, 0.4) is 0 Å². The fourth-order valence-electron chi connectivity index (χ4n) is 11.1. The first-order valence-corrected chi connectivity index (χ1v) is 35.2. The minimum absolute atomic E-state index is 0.0143. The third kappa shape index (κ3) is 15.1. The van der Waals surface area contributed by atoms with Crippen LogP contribution in [-0.2, 0) is 48.5 Å². The molecule has 8 rings (SSSR count). The number of sulfone groups is 2. The smallest absolute Gasteiger partial charge is 0.465 e. The number of thioether (sulfide) groups is 1. The maximum atomic E-state index is 15.8. The van der Waals surface area contributed by atoms with Gasteiger partial charge in [-0.25, -0.2) is 29.6 Å². The molecule has 0 bridgehead atoms. The molecule has 2 fully saturated rings. The molecule has 0 saturated carbocycles. The Kier molecular flexibility index (Phi) is 20.2. The Bertz CT molecular complexity index is 3570.